The predicted molar refractivity (Wildman–Crippen MR) is 86.0 cm³/mol. The summed E-state index contributed by atoms with van der Waals surface area (Å²) in [4.78, 5) is 23.3. The Bertz CT molecular complexity index is 474. The molecule has 0 aliphatic carbocycles. The van der Waals surface area contributed by atoms with Gasteiger partial charge in [-0.15, -0.1) is 0 Å². The molecule has 22 heavy (non-hydrogen) atoms. The Labute approximate surface area is 131 Å². The predicted octanol–water partition coefficient (Wildman–Crippen LogP) is 1.39. The highest BCUT2D eigenvalue weighted by molar-refractivity contribution is 5.88. The summed E-state index contributed by atoms with van der Waals surface area (Å²) >= 11 is 0. The van der Waals surface area contributed by atoms with E-state index < -0.39 is 24.0 Å². The Balaban J connectivity index is 2.45. The zero-order chi connectivity index (χ0) is 16.5. The minimum atomic E-state index is -1.10. The van der Waals surface area contributed by atoms with Gasteiger partial charge >= 0.3 is 0 Å². The molecule has 0 heterocycles. The van der Waals surface area contributed by atoms with Gasteiger partial charge in [-0.2, -0.15) is 0 Å². The lowest BCUT2D eigenvalue weighted by Gasteiger charge is -2.19. The number of hydrogen-bond donors (Lipinski definition) is 3. The minimum absolute atomic E-state index is 0.200. The quantitative estimate of drug-likeness (QED) is 0.643. The third kappa shape index (κ3) is 6.72. The van der Waals surface area contributed by atoms with E-state index >= 15 is 0 Å². The van der Waals surface area contributed by atoms with Gasteiger partial charge in [0.05, 0.1) is 0 Å². The van der Waals surface area contributed by atoms with E-state index in [4.69, 9.17) is 5.73 Å². The number of benzene rings is 1. The van der Waals surface area contributed by atoms with E-state index in [1.165, 1.54) is 5.56 Å². The Morgan fingerprint density at radius 3 is 2.41 bits per heavy atom. The number of nitrogens with two attached hydrogens (primary N) is 1. The highest BCUT2D eigenvalue weighted by Gasteiger charge is 2.22. The number of aliphatic hydroxyl groups is 1. The number of hydrogen-bond acceptors (Lipinski definition) is 3. The molecule has 0 unspecified atom stereocenters. The van der Waals surface area contributed by atoms with Gasteiger partial charge in [-0.3, -0.25) is 9.59 Å². The maximum absolute atomic E-state index is 11.9. The molecule has 0 aliphatic rings. The van der Waals surface area contributed by atoms with Crippen LogP contribution in [0.5, 0.6) is 0 Å². The Morgan fingerprint density at radius 1 is 1.23 bits per heavy atom. The fraction of sp³-hybridized carbons (Fsp3) is 0.529. The van der Waals surface area contributed by atoms with E-state index in [1.807, 2.05) is 44.2 Å². The van der Waals surface area contributed by atoms with E-state index in [-0.39, 0.29) is 5.92 Å². The molecular formula is C17H26N2O3. The summed E-state index contributed by atoms with van der Waals surface area (Å²) in [5, 5.41) is 12.3. The number of nitrogens with one attached hydrogen (secondary N) is 1. The molecule has 1 aromatic carbocycles. The lowest BCUT2D eigenvalue weighted by molar-refractivity contribution is -0.133. The maximum Gasteiger partial charge on any atom is 0.249 e. The molecule has 5 nitrogen and oxygen atoms in total. The summed E-state index contributed by atoms with van der Waals surface area (Å²) in [6, 6.07) is 9.18. The van der Waals surface area contributed by atoms with Crippen molar-refractivity contribution in [1.29, 1.82) is 0 Å². The molecule has 1 rings (SSSR count). The maximum atomic E-state index is 11.9. The first-order valence-electron chi connectivity index (χ1n) is 7.71. The van der Waals surface area contributed by atoms with Crippen molar-refractivity contribution in [2.75, 3.05) is 0 Å². The molecule has 5 heteroatoms. The van der Waals surface area contributed by atoms with Gasteiger partial charge in [0.1, 0.15) is 12.1 Å². The molecule has 122 valence electrons. The average molecular weight is 306 g/mol. The number of aryl methyl sites for hydroxylation is 1. The second kappa shape index (κ2) is 9.20. The first-order chi connectivity index (χ1) is 10.4. The van der Waals surface area contributed by atoms with Crippen LogP contribution in [-0.2, 0) is 16.0 Å². The van der Waals surface area contributed by atoms with Gasteiger partial charge in [0, 0.05) is 0 Å². The summed E-state index contributed by atoms with van der Waals surface area (Å²) < 4.78 is 0. The number of carbonyl (C=O) groups excluding carboxylic acids is 2. The highest BCUT2D eigenvalue weighted by atomic mass is 16.3. The van der Waals surface area contributed by atoms with E-state index in [1.54, 1.807) is 0 Å². The molecular weight excluding hydrogens is 280 g/mol. The van der Waals surface area contributed by atoms with Crippen molar-refractivity contribution in [3.05, 3.63) is 35.9 Å². The molecule has 0 saturated carbocycles. The van der Waals surface area contributed by atoms with E-state index in [2.05, 4.69) is 5.32 Å². The van der Waals surface area contributed by atoms with Gasteiger partial charge in [0.15, 0.2) is 0 Å². The first kappa shape index (κ1) is 18.2. The Morgan fingerprint density at radius 2 is 1.86 bits per heavy atom. The molecule has 4 N–H and O–H groups in total. The van der Waals surface area contributed by atoms with Crippen molar-refractivity contribution in [3.8, 4) is 0 Å². The van der Waals surface area contributed by atoms with Gasteiger partial charge in [-0.1, -0.05) is 44.2 Å². The summed E-state index contributed by atoms with van der Waals surface area (Å²) in [7, 11) is 0. The molecule has 0 fully saturated rings. The monoisotopic (exact) mass is 306 g/mol. The zero-order valence-corrected chi connectivity index (χ0v) is 13.3. The third-order valence-corrected chi connectivity index (χ3v) is 3.46. The SMILES string of the molecule is CC(C)C[C@H](O)C(=O)N[C@H](CCCc1ccccc1)C(N)=O. The lowest BCUT2D eigenvalue weighted by atomic mass is 10.0. The molecule has 0 bridgehead atoms. The lowest BCUT2D eigenvalue weighted by Crippen LogP contribution is -2.48. The summed E-state index contributed by atoms with van der Waals surface area (Å²) in [6.07, 6.45) is 1.27. The molecule has 2 amide bonds. The number of aliphatic hydroxyl groups excluding tert-OH is 1. The van der Waals surface area contributed by atoms with Crippen LogP contribution in [0.15, 0.2) is 30.3 Å². The minimum Gasteiger partial charge on any atom is -0.383 e. The number of amides is 2. The zero-order valence-electron chi connectivity index (χ0n) is 13.3. The van der Waals surface area contributed by atoms with Crippen LogP contribution in [0.3, 0.4) is 0 Å². The summed E-state index contributed by atoms with van der Waals surface area (Å²) in [6.45, 7) is 3.84. The second-order valence-electron chi connectivity index (χ2n) is 5.99. The van der Waals surface area contributed by atoms with Gasteiger partial charge in [0.25, 0.3) is 0 Å². The van der Waals surface area contributed by atoms with Crippen LogP contribution in [0.25, 0.3) is 0 Å². The van der Waals surface area contributed by atoms with Crippen LogP contribution in [0.2, 0.25) is 0 Å². The smallest absolute Gasteiger partial charge is 0.249 e. The average Bonchev–Trinajstić information content (AvgIpc) is 2.46. The molecule has 2 atom stereocenters. The van der Waals surface area contributed by atoms with Crippen LogP contribution in [0, 0.1) is 5.92 Å². The number of rotatable bonds is 9. The molecule has 0 aromatic heterocycles. The standard InChI is InChI=1S/C17H26N2O3/c1-12(2)11-15(20)17(22)19-14(16(18)21)10-6-9-13-7-4-3-5-8-13/h3-5,7-8,12,14-15,20H,6,9-11H2,1-2H3,(H2,18,21)(H,19,22)/t14-,15+/m1/s1. The Hall–Kier alpha value is -1.88. The van der Waals surface area contributed by atoms with Crippen molar-refractivity contribution in [2.24, 2.45) is 11.7 Å². The molecule has 0 spiro atoms. The van der Waals surface area contributed by atoms with Crippen molar-refractivity contribution < 1.29 is 14.7 Å². The fourth-order valence-corrected chi connectivity index (χ4v) is 2.26. The highest BCUT2D eigenvalue weighted by Crippen LogP contribution is 2.08. The van der Waals surface area contributed by atoms with E-state index in [9.17, 15) is 14.7 Å². The third-order valence-electron chi connectivity index (χ3n) is 3.46. The second-order valence-corrected chi connectivity index (χ2v) is 5.99. The number of primary amides is 1. The number of carbonyl (C=O) groups is 2. The van der Waals surface area contributed by atoms with Crippen LogP contribution in [0.1, 0.15) is 38.7 Å². The normalized spacial score (nSPS) is 13.6. The van der Waals surface area contributed by atoms with Crippen molar-refractivity contribution in [3.63, 3.8) is 0 Å². The van der Waals surface area contributed by atoms with E-state index in [0.717, 1.165) is 12.8 Å². The van der Waals surface area contributed by atoms with Crippen LogP contribution >= 0.6 is 0 Å². The largest absolute Gasteiger partial charge is 0.383 e. The molecule has 0 aliphatic heterocycles. The first-order valence-corrected chi connectivity index (χ1v) is 7.71. The Kier molecular flexibility index (Phi) is 7.60. The van der Waals surface area contributed by atoms with Crippen molar-refractivity contribution >= 4 is 11.8 Å². The van der Waals surface area contributed by atoms with Gasteiger partial charge in [-0.25, -0.2) is 0 Å². The van der Waals surface area contributed by atoms with Crippen molar-refractivity contribution in [2.45, 2.75) is 51.7 Å². The summed E-state index contributed by atoms with van der Waals surface area (Å²) in [5.41, 5.74) is 6.51. The van der Waals surface area contributed by atoms with E-state index in [0.29, 0.717) is 12.8 Å². The van der Waals surface area contributed by atoms with Gasteiger partial charge in [-0.05, 0) is 37.2 Å². The molecule has 0 saturated heterocycles. The van der Waals surface area contributed by atoms with Crippen molar-refractivity contribution in [1.82, 2.24) is 5.32 Å². The van der Waals surface area contributed by atoms with Crippen LogP contribution < -0.4 is 11.1 Å². The topological polar surface area (TPSA) is 92.4 Å². The van der Waals surface area contributed by atoms with Gasteiger partial charge < -0.3 is 16.2 Å². The summed E-state index contributed by atoms with van der Waals surface area (Å²) in [5.74, 6) is -0.902. The fourth-order valence-electron chi connectivity index (χ4n) is 2.26. The van der Waals surface area contributed by atoms with Crippen LogP contribution in [-0.4, -0.2) is 29.1 Å². The van der Waals surface area contributed by atoms with Gasteiger partial charge in [0.2, 0.25) is 11.8 Å². The molecule has 0 radical (unpaired) electrons. The molecule has 1 aromatic rings. The van der Waals surface area contributed by atoms with Crippen LogP contribution in [0.4, 0.5) is 0 Å².